The van der Waals surface area contributed by atoms with E-state index in [-0.39, 0.29) is 0 Å². The Morgan fingerprint density at radius 1 is 1.28 bits per heavy atom. The lowest BCUT2D eigenvalue weighted by Gasteiger charge is -2.08. The first-order chi connectivity index (χ1) is 8.72. The standard InChI is InChI=1S/C15H18ClNS/c1-3-7-17-10-12-4-5-13(11(2)9-12)15-14(16)6-8-18-15/h4-6,8-9,17H,3,7,10H2,1-2H3. The molecule has 0 atom stereocenters. The molecule has 3 heteroatoms. The third-order valence-electron chi connectivity index (χ3n) is 2.91. The van der Waals surface area contributed by atoms with Crippen LogP contribution in [0.5, 0.6) is 0 Å². The van der Waals surface area contributed by atoms with Crippen molar-refractivity contribution in [3.63, 3.8) is 0 Å². The quantitative estimate of drug-likeness (QED) is 0.770. The molecule has 2 aromatic rings. The van der Waals surface area contributed by atoms with Crippen molar-refractivity contribution in [3.8, 4) is 10.4 Å². The molecular formula is C15H18ClNS. The Balaban J connectivity index is 2.18. The van der Waals surface area contributed by atoms with E-state index in [9.17, 15) is 0 Å². The summed E-state index contributed by atoms with van der Waals surface area (Å²) in [5.74, 6) is 0. The smallest absolute Gasteiger partial charge is 0.0592 e. The summed E-state index contributed by atoms with van der Waals surface area (Å²) < 4.78 is 0. The molecule has 0 aliphatic carbocycles. The van der Waals surface area contributed by atoms with Crippen LogP contribution in [-0.4, -0.2) is 6.54 Å². The molecule has 0 radical (unpaired) electrons. The Bertz CT molecular complexity index is 519. The van der Waals surface area contributed by atoms with Crippen LogP contribution in [0.2, 0.25) is 5.02 Å². The van der Waals surface area contributed by atoms with Crippen LogP contribution in [0.15, 0.2) is 29.6 Å². The number of hydrogen-bond donors (Lipinski definition) is 1. The highest BCUT2D eigenvalue weighted by Gasteiger charge is 2.08. The summed E-state index contributed by atoms with van der Waals surface area (Å²) in [5.41, 5.74) is 3.86. The molecule has 0 amide bonds. The molecule has 0 bridgehead atoms. The van der Waals surface area contributed by atoms with E-state index < -0.39 is 0 Å². The number of nitrogens with one attached hydrogen (secondary N) is 1. The summed E-state index contributed by atoms with van der Waals surface area (Å²) in [6.07, 6.45) is 1.17. The maximum absolute atomic E-state index is 6.19. The van der Waals surface area contributed by atoms with Gasteiger partial charge in [0, 0.05) is 6.54 Å². The summed E-state index contributed by atoms with van der Waals surface area (Å²) >= 11 is 7.88. The van der Waals surface area contributed by atoms with Gasteiger partial charge in [-0.05, 0) is 48.0 Å². The lowest BCUT2D eigenvalue weighted by atomic mass is 10.0. The molecule has 0 unspecified atom stereocenters. The van der Waals surface area contributed by atoms with Gasteiger partial charge in [0.2, 0.25) is 0 Å². The minimum atomic E-state index is 0.847. The van der Waals surface area contributed by atoms with Gasteiger partial charge >= 0.3 is 0 Å². The molecule has 1 aromatic carbocycles. The fourth-order valence-corrected chi connectivity index (χ4v) is 3.24. The fourth-order valence-electron chi connectivity index (χ4n) is 1.99. The molecule has 0 aliphatic rings. The van der Waals surface area contributed by atoms with E-state index >= 15 is 0 Å². The van der Waals surface area contributed by atoms with Crippen molar-refractivity contribution < 1.29 is 0 Å². The number of benzene rings is 1. The van der Waals surface area contributed by atoms with Crippen LogP contribution in [0, 0.1) is 6.92 Å². The molecule has 96 valence electrons. The maximum Gasteiger partial charge on any atom is 0.0592 e. The minimum absolute atomic E-state index is 0.847. The van der Waals surface area contributed by atoms with Crippen LogP contribution in [0.3, 0.4) is 0 Å². The minimum Gasteiger partial charge on any atom is -0.313 e. The lowest BCUT2D eigenvalue weighted by molar-refractivity contribution is 0.675. The van der Waals surface area contributed by atoms with Gasteiger partial charge in [-0.1, -0.05) is 36.7 Å². The Hall–Kier alpha value is -0.830. The SMILES string of the molecule is CCCNCc1ccc(-c2sccc2Cl)c(C)c1. The lowest BCUT2D eigenvalue weighted by Crippen LogP contribution is -2.13. The molecule has 1 heterocycles. The summed E-state index contributed by atoms with van der Waals surface area (Å²) in [7, 11) is 0. The van der Waals surface area contributed by atoms with Gasteiger partial charge in [-0.15, -0.1) is 11.3 Å². The van der Waals surface area contributed by atoms with Crippen molar-refractivity contribution >= 4 is 22.9 Å². The van der Waals surface area contributed by atoms with Crippen molar-refractivity contribution in [1.29, 1.82) is 0 Å². The van der Waals surface area contributed by atoms with Gasteiger partial charge in [-0.3, -0.25) is 0 Å². The molecule has 2 rings (SSSR count). The van der Waals surface area contributed by atoms with Crippen molar-refractivity contribution in [3.05, 3.63) is 45.8 Å². The average molecular weight is 280 g/mol. The van der Waals surface area contributed by atoms with Crippen LogP contribution in [0.4, 0.5) is 0 Å². The second-order valence-electron chi connectivity index (χ2n) is 4.42. The molecule has 0 aliphatic heterocycles. The van der Waals surface area contributed by atoms with Crippen LogP contribution in [-0.2, 0) is 6.54 Å². The molecule has 0 spiro atoms. The van der Waals surface area contributed by atoms with Crippen molar-refractivity contribution in [2.45, 2.75) is 26.8 Å². The van der Waals surface area contributed by atoms with Gasteiger partial charge in [0.15, 0.2) is 0 Å². The van der Waals surface area contributed by atoms with E-state index in [1.165, 1.54) is 28.0 Å². The van der Waals surface area contributed by atoms with Crippen LogP contribution in [0.25, 0.3) is 10.4 Å². The summed E-state index contributed by atoms with van der Waals surface area (Å²) in [6, 6.07) is 8.56. The Kier molecular flexibility index (Phi) is 4.81. The van der Waals surface area contributed by atoms with Gasteiger partial charge in [-0.2, -0.15) is 0 Å². The number of halogens is 1. The zero-order valence-electron chi connectivity index (χ0n) is 10.8. The molecule has 1 aromatic heterocycles. The second kappa shape index (κ2) is 6.37. The third-order valence-corrected chi connectivity index (χ3v) is 4.28. The molecule has 0 saturated heterocycles. The highest BCUT2D eigenvalue weighted by Crippen LogP contribution is 2.35. The topological polar surface area (TPSA) is 12.0 Å². The van der Waals surface area contributed by atoms with Crippen LogP contribution >= 0.6 is 22.9 Å². The van der Waals surface area contributed by atoms with Crippen molar-refractivity contribution in [2.75, 3.05) is 6.54 Å². The predicted molar refractivity (Wildman–Crippen MR) is 81.5 cm³/mol. The van der Waals surface area contributed by atoms with E-state index in [1.807, 2.05) is 11.4 Å². The predicted octanol–water partition coefficient (Wildman–Crippen LogP) is 4.88. The van der Waals surface area contributed by atoms with Gasteiger partial charge in [-0.25, -0.2) is 0 Å². The molecule has 0 fully saturated rings. The highest BCUT2D eigenvalue weighted by molar-refractivity contribution is 7.14. The van der Waals surface area contributed by atoms with Crippen LogP contribution in [0.1, 0.15) is 24.5 Å². The fraction of sp³-hybridized carbons (Fsp3) is 0.333. The van der Waals surface area contributed by atoms with Gasteiger partial charge in [0.05, 0.1) is 9.90 Å². The summed E-state index contributed by atoms with van der Waals surface area (Å²) in [6.45, 7) is 6.33. The average Bonchev–Trinajstić information content (AvgIpc) is 2.76. The van der Waals surface area contributed by atoms with E-state index in [1.54, 1.807) is 11.3 Å². The first kappa shape index (κ1) is 13.6. The van der Waals surface area contributed by atoms with Gasteiger partial charge in [0.25, 0.3) is 0 Å². The number of rotatable bonds is 5. The van der Waals surface area contributed by atoms with Crippen molar-refractivity contribution in [1.82, 2.24) is 5.32 Å². The van der Waals surface area contributed by atoms with Gasteiger partial charge in [0.1, 0.15) is 0 Å². The Morgan fingerprint density at radius 3 is 2.72 bits per heavy atom. The normalized spacial score (nSPS) is 10.8. The molecule has 1 nitrogen and oxygen atoms in total. The zero-order valence-corrected chi connectivity index (χ0v) is 12.4. The molecule has 0 saturated carbocycles. The van der Waals surface area contributed by atoms with E-state index in [4.69, 9.17) is 11.6 Å². The molecular weight excluding hydrogens is 262 g/mol. The summed E-state index contributed by atoms with van der Waals surface area (Å²) in [5, 5.41) is 6.30. The largest absolute Gasteiger partial charge is 0.313 e. The number of thiophene rings is 1. The first-order valence-corrected chi connectivity index (χ1v) is 7.51. The monoisotopic (exact) mass is 279 g/mol. The Morgan fingerprint density at radius 2 is 2.11 bits per heavy atom. The van der Waals surface area contributed by atoms with E-state index in [0.717, 1.165) is 18.1 Å². The maximum atomic E-state index is 6.19. The zero-order chi connectivity index (χ0) is 13.0. The van der Waals surface area contributed by atoms with Gasteiger partial charge < -0.3 is 5.32 Å². The molecule has 1 N–H and O–H groups in total. The second-order valence-corrected chi connectivity index (χ2v) is 5.75. The number of hydrogen-bond acceptors (Lipinski definition) is 2. The summed E-state index contributed by atoms with van der Waals surface area (Å²) in [4.78, 5) is 1.17. The molecule has 18 heavy (non-hydrogen) atoms. The first-order valence-electron chi connectivity index (χ1n) is 6.26. The van der Waals surface area contributed by atoms with Crippen molar-refractivity contribution in [2.24, 2.45) is 0 Å². The third kappa shape index (κ3) is 3.14. The number of aryl methyl sites for hydroxylation is 1. The van der Waals surface area contributed by atoms with E-state index in [0.29, 0.717) is 0 Å². The van der Waals surface area contributed by atoms with Crippen LogP contribution < -0.4 is 5.32 Å². The van der Waals surface area contributed by atoms with E-state index in [2.05, 4.69) is 37.4 Å². The highest BCUT2D eigenvalue weighted by atomic mass is 35.5. The Labute approximate surface area is 118 Å².